The first-order valence-electron chi connectivity index (χ1n) is 10.7. The smallest absolute Gasteiger partial charge is 0.326 e. The third-order valence-electron chi connectivity index (χ3n) is 5.69. The lowest BCUT2D eigenvalue weighted by Crippen LogP contribution is -2.53. The van der Waals surface area contributed by atoms with E-state index in [2.05, 4.69) is 5.32 Å². The van der Waals surface area contributed by atoms with Crippen LogP contribution in [-0.2, 0) is 11.2 Å². The molecule has 1 aliphatic rings. The number of carboxylic acids is 1. The molecule has 32 heavy (non-hydrogen) atoms. The minimum Gasteiger partial charge on any atom is -0.480 e. The Hall–Kier alpha value is -3.39. The molecule has 0 saturated carbocycles. The standard InChI is InChI=1S/C24H29N3O5/c1-26(24(32)27-14-8-13-20(27)23(30)31)16-21(28)19(15-17-9-4-2-5-10-17)25-22(29)18-11-6-3-7-12-18/h2-7,9-12,19-21,28H,8,13-16H2,1H3,(H,25,29)(H,30,31)/t19-,20-,21?/m0/s1. The fourth-order valence-corrected chi connectivity index (χ4v) is 3.95. The highest BCUT2D eigenvalue weighted by Gasteiger charge is 2.36. The van der Waals surface area contributed by atoms with Crippen molar-refractivity contribution >= 4 is 17.9 Å². The number of nitrogens with one attached hydrogen (secondary N) is 1. The van der Waals surface area contributed by atoms with E-state index in [4.69, 9.17) is 0 Å². The third-order valence-corrected chi connectivity index (χ3v) is 5.69. The molecule has 3 amide bonds. The van der Waals surface area contributed by atoms with Crippen LogP contribution in [0.15, 0.2) is 60.7 Å². The predicted molar refractivity (Wildman–Crippen MR) is 119 cm³/mol. The third kappa shape index (κ3) is 5.85. The van der Waals surface area contributed by atoms with Gasteiger partial charge in [0.05, 0.1) is 18.7 Å². The van der Waals surface area contributed by atoms with Gasteiger partial charge in [0, 0.05) is 19.2 Å². The fraction of sp³-hybridized carbons (Fsp3) is 0.375. The van der Waals surface area contributed by atoms with E-state index >= 15 is 0 Å². The van der Waals surface area contributed by atoms with E-state index in [1.54, 1.807) is 24.3 Å². The van der Waals surface area contributed by atoms with Crippen molar-refractivity contribution in [1.82, 2.24) is 15.1 Å². The van der Waals surface area contributed by atoms with Crippen LogP contribution in [0.25, 0.3) is 0 Å². The topological polar surface area (TPSA) is 110 Å². The lowest BCUT2D eigenvalue weighted by molar-refractivity contribution is -0.141. The Morgan fingerprint density at radius 1 is 1.09 bits per heavy atom. The van der Waals surface area contributed by atoms with Crippen molar-refractivity contribution in [3.8, 4) is 0 Å². The highest BCUT2D eigenvalue weighted by molar-refractivity contribution is 5.94. The first-order valence-corrected chi connectivity index (χ1v) is 10.7. The highest BCUT2D eigenvalue weighted by Crippen LogP contribution is 2.19. The zero-order valence-electron chi connectivity index (χ0n) is 18.1. The number of likely N-dealkylation sites (N-methyl/N-ethyl adjacent to an activating group) is 1. The SMILES string of the molecule is CN(CC(O)[C@H](Cc1ccccc1)NC(=O)c1ccccc1)C(=O)N1CCC[C@H]1C(=O)O. The first kappa shape index (κ1) is 23.3. The van der Waals surface area contributed by atoms with Crippen molar-refractivity contribution in [2.75, 3.05) is 20.1 Å². The number of hydrogen-bond acceptors (Lipinski definition) is 4. The molecule has 2 aromatic carbocycles. The molecule has 2 aromatic rings. The summed E-state index contributed by atoms with van der Waals surface area (Å²) in [4.78, 5) is 39.6. The molecular formula is C24H29N3O5. The summed E-state index contributed by atoms with van der Waals surface area (Å²) in [6.07, 6.45) is 0.372. The van der Waals surface area contributed by atoms with Gasteiger partial charge in [-0.05, 0) is 37.0 Å². The number of aliphatic hydroxyl groups is 1. The Morgan fingerprint density at radius 2 is 1.72 bits per heavy atom. The molecule has 3 N–H and O–H groups in total. The monoisotopic (exact) mass is 439 g/mol. The van der Waals surface area contributed by atoms with Crippen LogP contribution in [0.2, 0.25) is 0 Å². The van der Waals surface area contributed by atoms with Gasteiger partial charge >= 0.3 is 12.0 Å². The summed E-state index contributed by atoms with van der Waals surface area (Å²) in [5, 5.41) is 23.2. The normalized spacial score (nSPS) is 17.4. The largest absolute Gasteiger partial charge is 0.480 e. The molecule has 3 atom stereocenters. The number of amides is 3. The number of carboxylic acid groups (broad SMARTS) is 1. The molecule has 1 fully saturated rings. The van der Waals surface area contributed by atoms with E-state index in [0.717, 1.165) is 5.56 Å². The van der Waals surface area contributed by atoms with Crippen LogP contribution in [-0.4, -0.2) is 76.2 Å². The van der Waals surface area contributed by atoms with Crippen molar-refractivity contribution in [1.29, 1.82) is 0 Å². The molecule has 1 saturated heterocycles. The quantitative estimate of drug-likeness (QED) is 0.583. The molecular weight excluding hydrogens is 410 g/mol. The number of carbonyl (C=O) groups is 3. The zero-order chi connectivity index (χ0) is 23.1. The molecule has 170 valence electrons. The van der Waals surface area contributed by atoms with Crippen LogP contribution in [0, 0.1) is 0 Å². The number of hydrogen-bond donors (Lipinski definition) is 3. The summed E-state index contributed by atoms with van der Waals surface area (Å²) < 4.78 is 0. The van der Waals surface area contributed by atoms with Gasteiger partial charge in [-0.3, -0.25) is 4.79 Å². The van der Waals surface area contributed by atoms with Crippen LogP contribution in [0.5, 0.6) is 0 Å². The average Bonchev–Trinajstić information content (AvgIpc) is 3.29. The maximum atomic E-state index is 12.8. The Balaban J connectivity index is 1.70. The average molecular weight is 440 g/mol. The van der Waals surface area contributed by atoms with E-state index in [9.17, 15) is 24.6 Å². The number of aliphatic carboxylic acids is 1. The number of benzene rings is 2. The van der Waals surface area contributed by atoms with Crippen molar-refractivity contribution in [2.45, 2.75) is 37.5 Å². The molecule has 0 aromatic heterocycles. The van der Waals surface area contributed by atoms with Crippen LogP contribution in [0.4, 0.5) is 4.79 Å². The van der Waals surface area contributed by atoms with Crippen LogP contribution in [0.3, 0.4) is 0 Å². The first-order chi connectivity index (χ1) is 15.4. The number of nitrogens with zero attached hydrogens (tertiary/aromatic N) is 2. The second kappa shape index (κ2) is 10.8. The van der Waals surface area contributed by atoms with Crippen LogP contribution >= 0.6 is 0 Å². The summed E-state index contributed by atoms with van der Waals surface area (Å²) >= 11 is 0. The number of rotatable bonds is 8. The number of carbonyl (C=O) groups excluding carboxylic acids is 2. The van der Waals surface area contributed by atoms with E-state index in [1.807, 2.05) is 36.4 Å². The lowest BCUT2D eigenvalue weighted by Gasteiger charge is -2.31. The molecule has 8 nitrogen and oxygen atoms in total. The Kier molecular flexibility index (Phi) is 7.83. The summed E-state index contributed by atoms with van der Waals surface area (Å²) in [6, 6.07) is 16.3. The van der Waals surface area contributed by atoms with Gasteiger partial charge in [0.2, 0.25) is 0 Å². The van der Waals surface area contributed by atoms with E-state index in [-0.39, 0.29) is 12.5 Å². The van der Waals surface area contributed by atoms with Gasteiger partial charge < -0.3 is 25.3 Å². The Bertz CT molecular complexity index is 922. The summed E-state index contributed by atoms with van der Waals surface area (Å²) in [5.41, 5.74) is 1.41. The minimum atomic E-state index is -1.05. The van der Waals surface area contributed by atoms with E-state index < -0.39 is 30.2 Å². The molecule has 0 aliphatic carbocycles. The van der Waals surface area contributed by atoms with Gasteiger partial charge in [0.15, 0.2) is 0 Å². The van der Waals surface area contributed by atoms with Crippen LogP contribution < -0.4 is 5.32 Å². The Morgan fingerprint density at radius 3 is 2.34 bits per heavy atom. The van der Waals surface area contributed by atoms with Gasteiger partial charge in [-0.15, -0.1) is 0 Å². The van der Waals surface area contributed by atoms with E-state index in [0.29, 0.717) is 31.4 Å². The number of likely N-dealkylation sites (tertiary alicyclic amines) is 1. The second-order valence-corrected chi connectivity index (χ2v) is 8.06. The molecule has 0 radical (unpaired) electrons. The second-order valence-electron chi connectivity index (χ2n) is 8.06. The maximum absolute atomic E-state index is 12.8. The van der Waals surface area contributed by atoms with Gasteiger partial charge in [0.25, 0.3) is 5.91 Å². The predicted octanol–water partition coefficient (Wildman–Crippen LogP) is 1.99. The Labute approximate surface area is 187 Å². The van der Waals surface area contributed by atoms with Crippen LogP contribution in [0.1, 0.15) is 28.8 Å². The highest BCUT2D eigenvalue weighted by atomic mass is 16.4. The fourth-order valence-electron chi connectivity index (χ4n) is 3.95. The van der Waals surface area contributed by atoms with Gasteiger partial charge in [-0.1, -0.05) is 48.5 Å². The zero-order valence-corrected chi connectivity index (χ0v) is 18.1. The van der Waals surface area contributed by atoms with Crippen molar-refractivity contribution in [2.24, 2.45) is 0 Å². The molecule has 8 heteroatoms. The lowest BCUT2D eigenvalue weighted by atomic mass is 10.00. The van der Waals surface area contributed by atoms with Gasteiger partial charge in [0.1, 0.15) is 6.04 Å². The molecule has 1 heterocycles. The summed E-state index contributed by atoms with van der Waals surface area (Å²) in [6.45, 7) is 0.322. The maximum Gasteiger partial charge on any atom is 0.326 e. The summed E-state index contributed by atoms with van der Waals surface area (Å²) in [7, 11) is 1.53. The van der Waals surface area contributed by atoms with E-state index in [1.165, 1.54) is 16.8 Å². The van der Waals surface area contributed by atoms with Gasteiger partial charge in [-0.25, -0.2) is 9.59 Å². The van der Waals surface area contributed by atoms with Crippen molar-refractivity contribution in [3.63, 3.8) is 0 Å². The van der Waals surface area contributed by atoms with Crippen molar-refractivity contribution in [3.05, 3.63) is 71.8 Å². The number of aliphatic hydroxyl groups excluding tert-OH is 1. The molecule has 0 bridgehead atoms. The minimum absolute atomic E-state index is 0.0474. The number of urea groups is 1. The molecule has 0 spiro atoms. The van der Waals surface area contributed by atoms with Gasteiger partial charge in [-0.2, -0.15) is 0 Å². The molecule has 3 rings (SSSR count). The molecule has 1 aliphatic heterocycles. The summed E-state index contributed by atoms with van der Waals surface area (Å²) in [5.74, 6) is -1.34. The van der Waals surface area contributed by atoms with Crippen molar-refractivity contribution < 1.29 is 24.6 Å². The molecule has 1 unspecified atom stereocenters.